The number of hydrogen-bond donors (Lipinski definition) is 0. The van der Waals surface area contributed by atoms with E-state index in [9.17, 15) is 4.79 Å². The van der Waals surface area contributed by atoms with Crippen LogP contribution < -0.4 is 0 Å². The minimum atomic E-state index is 0.194. The Morgan fingerprint density at radius 2 is 1.80 bits per heavy atom. The smallest absolute Gasteiger partial charge is 0.155 e. The molecule has 1 heteroatoms. The number of hydrogen-bond acceptors (Lipinski definition) is 1. The molecule has 0 aliphatic heterocycles. The van der Waals surface area contributed by atoms with Crippen molar-refractivity contribution in [3.63, 3.8) is 0 Å². The summed E-state index contributed by atoms with van der Waals surface area (Å²) < 4.78 is 0. The lowest BCUT2D eigenvalue weighted by Gasteiger charge is -1.85. The van der Waals surface area contributed by atoms with E-state index in [-0.39, 0.29) is 5.78 Å². The van der Waals surface area contributed by atoms with Crippen LogP contribution in [0.5, 0.6) is 0 Å². The monoisotopic (exact) mass is 204 g/mol. The average molecular weight is 204 g/mol. The van der Waals surface area contributed by atoms with Crippen molar-refractivity contribution in [2.75, 3.05) is 0 Å². The van der Waals surface area contributed by atoms with Crippen LogP contribution in [0.1, 0.15) is 33.1 Å². The topological polar surface area (TPSA) is 17.1 Å². The quantitative estimate of drug-likeness (QED) is 0.348. The second kappa shape index (κ2) is 10.7. The van der Waals surface area contributed by atoms with Crippen LogP contribution in [0.2, 0.25) is 0 Å². The Labute approximate surface area is 92.9 Å². The van der Waals surface area contributed by atoms with E-state index >= 15 is 0 Å². The van der Waals surface area contributed by atoms with E-state index in [1.54, 1.807) is 12.2 Å². The Balaban J connectivity index is 3.69. The Kier molecular flexibility index (Phi) is 9.73. The van der Waals surface area contributed by atoms with Gasteiger partial charge in [-0.05, 0) is 25.8 Å². The maximum absolute atomic E-state index is 11.1. The molecule has 0 radical (unpaired) electrons. The van der Waals surface area contributed by atoms with Gasteiger partial charge < -0.3 is 0 Å². The SMILES string of the molecule is C/C=C/C/C=C/C=C/C=C/C(=O)CCC. The maximum atomic E-state index is 11.1. The van der Waals surface area contributed by atoms with Crippen LogP contribution in [-0.4, -0.2) is 5.78 Å². The van der Waals surface area contributed by atoms with Crippen molar-refractivity contribution in [1.29, 1.82) is 0 Å². The van der Waals surface area contributed by atoms with Gasteiger partial charge in [0.25, 0.3) is 0 Å². The van der Waals surface area contributed by atoms with E-state index in [2.05, 4.69) is 12.2 Å². The molecule has 0 saturated carbocycles. The van der Waals surface area contributed by atoms with E-state index in [0.717, 1.165) is 12.8 Å². The molecule has 0 amide bonds. The summed E-state index contributed by atoms with van der Waals surface area (Å²) in [6, 6.07) is 0. The first kappa shape index (κ1) is 13.6. The van der Waals surface area contributed by atoms with Gasteiger partial charge >= 0.3 is 0 Å². The van der Waals surface area contributed by atoms with Gasteiger partial charge in [0.1, 0.15) is 0 Å². The molecule has 0 atom stereocenters. The number of rotatable bonds is 7. The molecular weight excluding hydrogens is 184 g/mol. The molecule has 0 fully saturated rings. The summed E-state index contributed by atoms with van der Waals surface area (Å²) in [6.45, 7) is 4.01. The van der Waals surface area contributed by atoms with E-state index in [0.29, 0.717) is 6.42 Å². The lowest BCUT2D eigenvalue weighted by molar-refractivity contribution is -0.114. The maximum Gasteiger partial charge on any atom is 0.155 e. The summed E-state index contributed by atoms with van der Waals surface area (Å²) in [7, 11) is 0. The van der Waals surface area contributed by atoms with Crippen LogP contribution in [-0.2, 0) is 4.79 Å². The highest BCUT2D eigenvalue weighted by Gasteiger charge is 1.89. The lowest BCUT2D eigenvalue weighted by atomic mass is 10.2. The number of carbonyl (C=O) groups is 1. The fourth-order valence-electron chi connectivity index (χ4n) is 0.993. The predicted molar refractivity (Wildman–Crippen MR) is 66.8 cm³/mol. The van der Waals surface area contributed by atoms with Gasteiger partial charge in [-0.2, -0.15) is 0 Å². The van der Waals surface area contributed by atoms with Crippen LogP contribution >= 0.6 is 0 Å². The second-order valence-corrected chi connectivity index (χ2v) is 3.19. The van der Waals surface area contributed by atoms with Crippen molar-refractivity contribution in [2.24, 2.45) is 0 Å². The van der Waals surface area contributed by atoms with Crippen molar-refractivity contribution < 1.29 is 4.79 Å². The van der Waals surface area contributed by atoms with Gasteiger partial charge in [-0.3, -0.25) is 4.79 Å². The van der Waals surface area contributed by atoms with E-state index in [4.69, 9.17) is 0 Å². The standard InChI is InChI=1S/C14H20O/c1-3-5-6-7-8-9-10-11-13-14(15)12-4-2/h3,5,7-11,13H,4,6,12H2,1-2H3/b5-3+,8-7+,10-9+,13-11+. The minimum Gasteiger partial charge on any atom is -0.295 e. The second-order valence-electron chi connectivity index (χ2n) is 3.19. The molecule has 0 aromatic carbocycles. The van der Waals surface area contributed by atoms with E-state index in [1.807, 2.05) is 38.2 Å². The van der Waals surface area contributed by atoms with Crippen molar-refractivity contribution in [1.82, 2.24) is 0 Å². The summed E-state index contributed by atoms with van der Waals surface area (Å²) >= 11 is 0. The summed E-state index contributed by atoms with van der Waals surface area (Å²) in [5.74, 6) is 0.194. The van der Waals surface area contributed by atoms with Gasteiger partial charge in [0.15, 0.2) is 5.78 Å². The zero-order chi connectivity index (χ0) is 11.4. The fraction of sp³-hybridized carbons (Fsp3) is 0.357. The van der Waals surface area contributed by atoms with Crippen LogP contribution in [0.25, 0.3) is 0 Å². The van der Waals surface area contributed by atoms with Crippen LogP contribution in [0.4, 0.5) is 0 Å². The molecule has 15 heavy (non-hydrogen) atoms. The number of carbonyl (C=O) groups excluding carboxylic acids is 1. The largest absolute Gasteiger partial charge is 0.295 e. The molecule has 0 N–H and O–H groups in total. The highest BCUT2D eigenvalue weighted by molar-refractivity contribution is 5.89. The molecule has 0 aromatic heterocycles. The van der Waals surface area contributed by atoms with Crippen molar-refractivity contribution in [3.05, 3.63) is 48.6 Å². The third kappa shape index (κ3) is 10.6. The number of allylic oxidation sites excluding steroid dienone is 8. The summed E-state index contributed by atoms with van der Waals surface area (Å²) in [5, 5.41) is 0. The average Bonchev–Trinajstić information content (AvgIpc) is 2.22. The molecular formula is C14H20O. The van der Waals surface area contributed by atoms with Gasteiger partial charge in [0.05, 0.1) is 0 Å². The molecule has 0 heterocycles. The third-order valence-electron chi connectivity index (χ3n) is 1.76. The van der Waals surface area contributed by atoms with Crippen LogP contribution in [0, 0.1) is 0 Å². The van der Waals surface area contributed by atoms with Crippen LogP contribution in [0.15, 0.2) is 48.6 Å². The van der Waals surface area contributed by atoms with Crippen LogP contribution in [0.3, 0.4) is 0 Å². The zero-order valence-corrected chi connectivity index (χ0v) is 9.65. The van der Waals surface area contributed by atoms with Crippen molar-refractivity contribution in [3.8, 4) is 0 Å². The first-order valence-corrected chi connectivity index (χ1v) is 5.45. The zero-order valence-electron chi connectivity index (χ0n) is 9.65. The molecule has 0 bridgehead atoms. The summed E-state index contributed by atoms with van der Waals surface area (Å²) in [6.07, 6.45) is 17.9. The lowest BCUT2D eigenvalue weighted by Crippen LogP contribution is -1.88. The van der Waals surface area contributed by atoms with Gasteiger partial charge in [0, 0.05) is 6.42 Å². The van der Waals surface area contributed by atoms with Gasteiger partial charge in [-0.25, -0.2) is 0 Å². The molecule has 0 rings (SSSR count). The summed E-state index contributed by atoms with van der Waals surface area (Å²) in [4.78, 5) is 11.1. The number of ketones is 1. The molecule has 0 aliphatic carbocycles. The Morgan fingerprint density at radius 3 is 2.47 bits per heavy atom. The molecule has 0 unspecified atom stereocenters. The van der Waals surface area contributed by atoms with Gasteiger partial charge in [-0.15, -0.1) is 0 Å². The molecule has 0 saturated heterocycles. The van der Waals surface area contributed by atoms with E-state index < -0.39 is 0 Å². The third-order valence-corrected chi connectivity index (χ3v) is 1.76. The fourth-order valence-corrected chi connectivity index (χ4v) is 0.993. The first-order valence-electron chi connectivity index (χ1n) is 5.45. The highest BCUT2D eigenvalue weighted by Crippen LogP contribution is 1.91. The van der Waals surface area contributed by atoms with Gasteiger partial charge in [0.2, 0.25) is 0 Å². The molecule has 0 aliphatic rings. The van der Waals surface area contributed by atoms with Crippen molar-refractivity contribution >= 4 is 5.78 Å². The molecule has 82 valence electrons. The van der Waals surface area contributed by atoms with E-state index in [1.165, 1.54) is 0 Å². The minimum absolute atomic E-state index is 0.194. The predicted octanol–water partition coefficient (Wildman–Crippen LogP) is 3.99. The molecule has 1 nitrogen and oxygen atoms in total. The Bertz CT molecular complexity index is 267. The Hall–Kier alpha value is -1.37. The first-order chi connectivity index (χ1) is 7.31. The molecule has 0 spiro atoms. The highest BCUT2D eigenvalue weighted by atomic mass is 16.1. The normalized spacial score (nSPS) is 12.7. The Morgan fingerprint density at radius 1 is 1.07 bits per heavy atom. The molecule has 0 aromatic rings. The summed E-state index contributed by atoms with van der Waals surface area (Å²) in [5.41, 5.74) is 0. The van der Waals surface area contributed by atoms with Gasteiger partial charge in [-0.1, -0.05) is 49.5 Å². The van der Waals surface area contributed by atoms with Crippen molar-refractivity contribution in [2.45, 2.75) is 33.1 Å².